The number of carbonyl (C=O) groups is 14. The average molecular weight is 1190 g/mol. The summed E-state index contributed by atoms with van der Waals surface area (Å²) in [5.41, 5.74) is -0.728. The van der Waals surface area contributed by atoms with Crippen LogP contribution < -0.4 is 53.2 Å². The largest absolute Gasteiger partial charge is 0.446 e. The summed E-state index contributed by atoms with van der Waals surface area (Å²) in [5, 5.41) is 25.1. The molecule has 12 atom stereocenters. The Bertz CT molecular complexity index is 2590. The number of amides is 12. The second kappa shape index (κ2) is 29.2. The van der Waals surface area contributed by atoms with Crippen molar-refractivity contribution in [3.63, 3.8) is 0 Å². The van der Waals surface area contributed by atoms with E-state index in [1.165, 1.54) is 23.6 Å². The number of carbonyl (C=O) groups excluding carboxylic acids is 14. The van der Waals surface area contributed by atoms with E-state index in [4.69, 9.17) is 8.83 Å². The van der Waals surface area contributed by atoms with Crippen molar-refractivity contribution in [2.24, 2.45) is 11.8 Å². The van der Waals surface area contributed by atoms with Crippen molar-refractivity contribution in [2.45, 2.75) is 140 Å². The van der Waals surface area contributed by atoms with Crippen molar-refractivity contribution in [3.05, 3.63) is 35.7 Å². The summed E-state index contributed by atoms with van der Waals surface area (Å²) < 4.78 is 11.0. The van der Waals surface area contributed by atoms with Crippen molar-refractivity contribution in [2.75, 3.05) is 37.7 Å². The van der Waals surface area contributed by atoms with Crippen LogP contribution in [-0.4, -0.2) is 189 Å². The summed E-state index contributed by atoms with van der Waals surface area (Å²) in [5.74, 6) is -12.2. The maximum atomic E-state index is 14.1. The van der Waals surface area contributed by atoms with Gasteiger partial charge in [-0.05, 0) is 51.4 Å². The second-order valence-electron chi connectivity index (χ2n) is 20.4. The van der Waals surface area contributed by atoms with E-state index in [0.29, 0.717) is 12.8 Å². The molecule has 6 rings (SSSR count). The number of ketones is 2. The first kappa shape index (κ1) is 63.3. The molecule has 4 aliphatic heterocycles. The number of rotatable bonds is 13. The zero-order valence-corrected chi connectivity index (χ0v) is 47.5. The number of oxazole rings is 2. The van der Waals surface area contributed by atoms with Crippen LogP contribution in [0.1, 0.15) is 125 Å². The van der Waals surface area contributed by atoms with Crippen LogP contribution in [0, 0.1) is 11.8 Å². The highest BCUT2D eigenvalue weighted by atomic mass is 33.1. The third-order valence-electron chi connectivity index (χ3n) is 13.9. The summed E-state index contributed by atoms with van der Waals surface area (Å²) in [7, 11) is 1.84. The molecule has 0 radical (unpaired) electrons. The zero-order chi connectivity index (χ0) is 59.9. The second-order valence-corrected chi connectivity index (χ2v) is 23.0. The number of hydrogen-bond donors (Lipinski definition) is 10. The van der Waals surface area contributed by atoms with Gasteiger partial charge in [-0.3, -0.25) is 67.1 Å². The predicted octanol–water partition coefficient (Wildman–Crippen LogP) is -3.03. The molecule has 0 aliphatic carbocycles. The van der Waals surface area contributed by atoms with Crippen molar-refractivity contribution < 1.29 is 76.0 Å². The summed E-state index contributed by atoms with van der Waals surface area (Å²) in [6.07, 6.45) is 3.59. The molecule has 6 heterocycles. The third kappa shape index (κ3) is 16.0. The number of nitrogens with zero attached hydrogens (tertiary/aromatic N) is 4. The topological polar surface area (TPSA) is 418 Å². The van der Waals surface area contributed by atoms with Gasteiger partial charge >= 0.3 is 0 Å². The lowest BCUT2D eigenvalue weighted by Crippen LogP contribution is -2.58. The van der Waals surface area contributed by atoms with Crippen LogP contribution in [0.3, 0.4) is 0 Å². The van der Waals surface area contributed by atoms with Gasteiger partial charge in [0.2, 0.25) is 71.6 Å². The molecule has 2 aromatic heterocycles. The molecular weight excluding hydrogens is 1120 g/mol. The Hall–Kier alpha value is -7.90. The lowest BCUT2D eigenvalue weighted by molar-refractivity contribution is -0.143. The maximum absolute atomic E-state index is 14.1. The Morgan fingerprint density at radius 2 is 0.915 bits per heavy atom. The molecule has 32 heteroatoms. The van der Waals surface area contributed by atoms with Gasteiger partial charge < -0.3 is 71.8 Å². The molecule has 4 aliphatic rings. The molecule has 3 unspecified atom stereocenters. The normalized spacial score (nSPS) is 28.9. The number of nitrogens with one attached hydrogen (secondary N) is 10. The van der Waals surface area contributed by atoms with Crippen LogP contribution in [0.5, 0.6) is 0 Å². The van der Waals surface area contributed by atoms with Crippen LogP contribution in [0.4, 0.5) is 0 Å². The van der Waals surface area contributed by atoms with Crippen molar-refractivity contribution in [1.29, 1.82) is 0 Å². The smallest absolute Gasteiger partial charge is 0.290 e. The van der Waals surface area contributed by atoms with Crippen LogP contribution in [0.15, 0.2) is 21.4 Å². The van der Waals surface area contributed by atoms with Crippen LogP contribution >= 0.6 is 21.6 Å². The molecule has 82 heavy (non-hydrogen) atoms. The van der Waals surface area contributed by atoms with Crippen molar-refractivity contribution >= 4 is 105 Å². The first-order valence-electron chi connectivity index (χ1n) is 26.7. The summed E-state index contributed by atoms with van der Waals surface area (Å²) in [4.78, 5) is 200. The molecule has 2 saturated heterocycles. The third-order valence-corrected chi connectivity index (χ3v) is 16.3. The summed E-state index contributed by atoms with van der Waals surface area (Å²) in [6, 6.07) is -12.8. The van der Waals surface area contributed by atoms with Gasteiger partial charge in [-0.15, -0.1) is 0 Å². The molecule has 2 aromatic rings. The van der Waals surface area contributed by atoms with Crippen molar-refractivity contribution in [3.8, 4) is 0 Å². The number of hydrogen-bond acceptors (Lipinski definition) is 20. The van der Waals surface area contributed by atoms with Gasteiger partial charge in [0, 0.05) is 37.7 Å². The van der Waals surface area contributed by atoms with E-state index in [-0.39, 0.29) is 98.1 Å². The van der Waals surface area contributed by atoms with Crippen LogP contribution in [0.25, 0.3) is 0 Å². The van der Waals surface area contributed by atoms with E-state index in [1.807, 2.05) is 0 Å². The van der Waals surface area contributed by atoms with Gasteiger partial charge in [0.05, 0.1) is 12.1 Å². The molecular formula is C50H68N14O16S2. The lowest BCUT2D eigenvalue weighted by atomic mass is 10.0. The molecule has 2 fully saturated rings. The highest BCUT2D eigenvalue weighted by Crippen LogP contribution is 2.27. The zero-order valence-electron chi connectivity index (χ0n) is 45.9. The van der Waals surface area contributed by atoms with Gasteiger partial charge in [-0.25, -0.2) is 9.97 Å². The van der Waals surface area contributed by atoms with Gasteiger partial charge in [-0.1, -0.05) is 62.1 Å². The SMILES string of the molecule is CCC[C@@H]1NC(=O)[C@@H]2C[C@H](C)CN2C(=O)C(NC=O)CNC(=O)C(CSSCC2NC(=O)c3coc(n3)[C@H](C)NC(=O)C(=O)[C@H](CCC)NC(=O)[C@@H]3C[C@H](C)CN3C(=O)[C@@H](NC=O)CNC2=O)NC(=O)c2coc(n2)[C@H](C)NC(=O)C1=O. The van der Waals surface area contributed by atoms with E-state index < -0.39 is 144 Å². The minimum absolute atomic E-state index is 0.0591. The quantitative estimate of drug-likeness (QED) is 0.0413. The van der Waals surface area contributed by atoms with Gasteiger partial charge in [-0.2, -0.15) is 0 Å². The fourth-order valence-electron chi connectivity index (χ4n) is 9.60. The predicted molar refractivity (Wildman–Crippen MR) is 288 cm³/mol. The Labute approximate surface area is 477 Å². The minimum atomic E-state index is -1.48. The molecule has 0 aromatic carbocycles. The molecule has 446 valence electrons. The Morgan fingerprint density at radius 3 is 1.27 bits per heavy atom. The van der Waals surface area contributed by atoms with Gasteiger partial charge in [0.25, 0.3) is 23.6 Å². The van der Waals surface area contributed by atoms with Gasteiger partial charge in [0.15, 0.2) is 11.4 Å². The minimum Gasteiger partial charge on any atom is -0.446 e. The fraction of sp³-hybridized carbons (Fsp3) is 0.600. The Morgan fingerprint density at radius 1 is 0.537 bits per heavy atom. The van der Waals surface area contributed by atoms with Gasteiger partial charge in [0.1, 0.15) is 60.9 Å². The first-order valence-corrected chi connectivity index (χ1v) is 29.2. The maximum Gasteiger partial charge on any atom is 0.290 e. The Kier molecular flexibility index (Phi) is 22.5. The Balaban J connectivity index is 1.25. The summed E-state index contributed by atoms with van der Waals surface area (Å²) in [6.45, 7) is 8.94. The molecule has 12 amide bonds. The number of Topliss-reactive ketones (excluding diaryl/α,β-unsaturated/α-hetero) is 2. The van der Waals surface area contributed by atoms with Crippen LogP contribution in [0.2, 0.25) is 0 Å². The standard InChI is InChI=1S/C50H68N14O16S2/c1-7-9-27-37(67)45(75)55-25(5)47-61-31(17-79-47)41(71)59-33(39(69)51-13-29(53-21-65)49(77)63-15-23(3)11-35(63)43(73)57-27)19-81-82-20-34-40(70)52-14-30(54-22-66)50(78)64-16-24(4)12-36(64)44(74)58-28(10-8-2)38(68)46(76)56-26(6)48-62-32(18-80-48)42(72)60-34/h17-18,21-30,33-36H,7-16,19-20H2,1-6H3,(H,51,69)(H,52,70)(H,53,65)(H,54,66)(H,55,75)(H,56,76)(H,57,73)(H,58,74)(H,59,71)(H,60,72)/t23-,24-,25-,26-,27-,28-,29-,30?,33?,34?,35-,36-/m0/s1. The van der Waals surface area contributed by atoms with Crippen molar-refractivity contribution in [1.82, 2.24) is 72.9 Å². The van der Waals surface area contributed by atoms with E-state index in [0.717, 1.165) is 34.1 Å². The van der Waals surface area contributed by atoms with Crippen LogP contribution in [-0.2, 0) is 57.5 Å². The van der Waals surface area contributed by atoms with E-state index in [9.17, 15) is 67.1 Å². The molecule has 4 bridgehead atoms. The number of aromatic nitrogens is 2. The highest BCUT2D eigenvalue weighted by Gasteiger charge is 2.44. The molecule has 30 nitrogen and oxygen atoms in total. The fourth-order valence-corrected chi connectivity index (χ4v) is 11.9. The van der Waals surface area contributed by atoms with E-state index >= 15 is 0 Å². The molecule has 10 N–H and O–H groups in total. The molecule has 0 saturated carbocycles. The summed E-state index contributed by atoms with van der Waals surface area (Å²) >= 11 is 0. The van der Waals surface area contributed by atoms with E-state index in [2.05, 4.69) is 63.1 Å². The van der Waals surface area contributed by atoms with E-state index in [1.54, 1.807) is 27.7 Å². The average Bonchev–Trinajstić information content (AvgIpc) is 4.49. The lowest BCUT2D eigenvalue weighted by Gasteiger charge is -2.29. The monoisotopic (exact) mass is 1180 g/mol. The molecule has 0 spiro atoms. The highest BCUT2D eigenvalue weighted by molar-refractivity contribution is 8.76. The first-order chi connectivity index (χ1) is 39.1. The number of fused-ring (bicyclic) bond motifs is 6.